The third-order valence-corrected chi connectivity index (χ3v) is 10.6. The minimum atomic E-state index is -0.419. The van der Waals surface area contributed by atoms with Crippen LogP contribution in [0.3, 0.4) is 0 Å². The van der Waals surface area contributed by atoms with E-state index in [2.05, 4.69) is 45.9 Å². The molecule has 48 heavy (non-hydrogen) atoms. The fraction of sp³-hybridized carbons (Fsp3) is 0.191. The Hall–Kier alpha value is -5.14. The van der Waals surface area contributed by atoms with Crippen molar-refractivity contribution in [1.82, 2.24) is 0 Å². The highest BCUT2D eigenvalue weighted by Gasteiger charge is 2.37. The lowest BCUT2D eigenvalue weighted by Gasteiger charge is -2.34. The number of hydrogen-bond donors (Lipinski definition) is 0. The Labute approximate surface area is 294 Å². The first-order valence-electron chi connectivity index (χ1n) is 20.8. The molecule has 1 heteroatoms. The largest absolute Gasteiger partial charge is 0.456 e. The lowest BCUT2D eigenvalue weighted by molar-refractivity contribution is 0.434. The van der Waals surface area contributed by atoms with Gasteiger partial charge in [0.25, 0.3) is 0 Å². The molecule has 0 unspecified atom stereocenters. The summed E-state index contributed by atoms with van der Waals surface area (Å²) in [6.45, 7) is 9.07. The van der Waals surface area contributed by atoms with Crippen LogP contribution >= 0.6 is 0 Å². The third kappa shape index (κ3) is 4.37. The Morgan fingerprint density at radius 1 is 0.521 bits per heavy atom. The summed E-state index contributed by atoms with van der Waals surface area (Å²) >= 11 is 0. The van der Waals surface area contributed by atoms with E-state index in [9.17, 15) is 5.48 Å². The van der Waals surface area contributed by atoms with E-state index >= 15 is 0 Å². The van der Waals surface area contributed by atoms with Crippen molar-refractivity contribution in [2.75, 3.05) is 0 Å². The maximum Gasteiger partial charge on any atom is 0.135 e. The number of rotatable bonds is 3. The zero-order valence-electron chi connectivity index (χ0n) is 35.6. The predicted molar refractivity (Wildman–Crippen MR) is 205 cm³/mol. The summed E-state index contributed by atoms with van der Waals surface area (Å²) in [7, 11) is 0. The van der Waals surface area contributed by atoms with Crippen LogP contribution in [-0.2, 0) is 10.8 Å². The normalized spacial score (nSPS) is 17.9. The summed E-state index contributed by atoms with van der Waals surface area (Å²) in [6.07, 6.45) is 2.95. The number of benzene rings is 7. The molecular formula is C47H40O. The van der Waals surface area contributed by atoms with Gasteiger partial charge in [0.15, 0.2) is 0 Å². The highest BCUT2D eigenvalue weighted by Crippen LogP contribution is 2.53. The summed E-state index contributed by atoms with van der Waals surface area (Å²) in [4.78, 5) is 0. The van der Waals surface area contributed by atoms with Gasteiger partial charge in [0.2, 0.25) is 0 Å². The molecule has 8 aromatic rings. The second kappa shape index (κ2) is 10.7. The average molecular weight is 629 g/mol. The minimum Gasteiger partial charge on any atom is -0.456 e. The highest BCUT2D eigenvalue weighted by molar-refractivity contribution is 6.23. The third-order valence-electron chi connectivity index (χ3n) is 10.6. The molecule has 1 aliphatic carbocycles. The first-order chi connectivity index (χ1) is 26.6. The molecule has 0 saturated carbocycles. The van der Waals surface area contributed by atoms with Crippen molar-refractivity contribution in [2.24, 2.45) is 0 Å². The predicted octanol–water partition coefficient (Wildman–Crippen LogP) is 13.6. The molecule has 0 saturated heterocycles. The van der Waals surface area contributed by atoms with Gasteiger partial charge < -0.3 is 4.42 Å². The molecular weight excluding hydrogens is 581 g/mol. The maximum absolute atomic E-state index is 9.63. The summed E-state index contributed by atoms with van der Waals surface area (Å²) in [5, 5.41) is 2.47. The molecule has 0 spiro atoms. The lowest BCUT2D eigenvalue weighted by atomic mass is 9.70. The van der Waals surface area contributed by atoms with Gasteiger partial charge in [-0.05, 0) is 108 Å². The van der Waals surface area contributed by atoms with E-state index in [0.29, 0.717) is 33.4 Å². The van der Waals surface area contributed by atoms with Crippen molar-refractivity contribution in [1.29, 1.82) is 0 Å². The van der Waals surface area contributed by atoms with Crippen molar-refractivity contribution >= 4 is 43.5 Å². The van der Waals surface area contributed by atoms with E-state index in [4.69, 9.17) is 9.90 Å². The molecule has 9 rings (SSSR count). The SMILES string of the molecule is [2H]c1c([2H])c([2H])c2c(-c3ccc4c(c3-c3ccccc3)C(C)(C)CCCC4(C)C)c3c([2H])c([2H])c([2H])c([2H])c3c(-c3ccc4oc5ccccc5c4c3)c2c1[2H]. The quantitative estimate of drug-likeness (QED) is 0.140. The summed E-state index contributed by atoms with van der Waals surface area (Å²) in [6, 6.07) is 24.6. The highest BCUT2D eigenvalue weighted by atomic mass is 16.3. The smallest absolute Gasteiger partial charge is 0.135 e. The van der Waals surface area contributed by atoms with Crippen LogP contribution in [0.1, 0.15) is 69.1 Å². The van der Waals surface area contributed by atoms with Crippen molar-refractivity contribution in [3.63, 3.8) is 0 Å². The number of hydrogen-bond acceptors (Lipinski definition) is 1. The Bertz CT molecular complexity index is 2900. The second-order valence-corrected chi connectivity index (χ2v) is 14.5. The molecule has 1 nitrogen and oxygen atoms in total. The number of para-hydroxylation sites is 1. The van der Waals surface area contributed by atoms with Gasteiger partial charge in [0, 0.05) is 10.8 Å². The van der Waals surface area contributed by atoms with Gasteiger partial charge in [-0.1, -0.05) is 149 Å². The Morgan fingerprint density at radius 3 is 1.83 bits per heavy atom. The van der Waals surface area contributed by atoms with Gasteiger partial charge in [0.1, 0.15) is 11.2 Å². The zero-order chi connectivity index (χ0) is 39.6. The van der Waals surface area contributed by atoms with Gasteiger partial charge in [-0.2, -0.15) is 0 Å². The van der Waals surface area contributed by atoms with Gasteiger partial charge in [-0.25, -0.2) is 0 Å². The molecule has 0 bridgehead atoms. The van der Waals surface area contributed by atoms with Gasteiger partial charge in [-0.15, -0.1) is 0 Å². The van der Waals surface area contributed by atoms with Crippen molar-refractivity contribution in [2.45, 2.75) is 57.8 Å². The Balaban J connectivity index is 1.57. The van der Waals surface area contributed by atoms with Gasteiger partial charge in [-0.3, -0.25) is 0 Å². The molecule has 0 fully saturated rings. The van der Waals surface area contributed by atoms with Gasteiger partial charge >= 0.3 is 0 Å². The minimum absolute atomic E-state index is 0.165. The molecule has 7 aromatic carbocycles. The molecule has 234 valence electrons. The molecule has 0 N–H and O–H groups in total. The van der Waals surface area contributed by atoms with E-state index in [1.54, 1.807) is 0 Å². The Kier molecular flexibility index (Phi) is 4.83. The van der Waals surface area contributed by atoms with Gasteiger partial charge in [0.05, 0.1) is 11.0 Å². The molecule has 1 heterocycles. The second-order valence-electron chi connectivity index (χ2n) is 14.5. The monoisotopic (exact) mass is 628 g/mol. The first kappa shape index (κ1) is 21.7. The fourth-order valence-corrected chi connectivity index (χ4v) is 8.28. The molecule has 1 aromatic heterocycles. The molecule has 0 amide bonds. The summed E-state index contributed by atoms with van der Waals surface area (Å²) < 4.78 is 80.4. The van der Waals surface area contributed by atoms with Crippen molar-refractivity contribution in [3.05, 3.63) is 144 Å². The molecule has 0 radical (unpaired) electrons. The summed E-state index contributed by atoms with van der Waals surface area (Å²) in [5.74, 6) is 0. The summed E-state index contributed by atoms with van der Waals surface area (Å²) in [5.41, 5.74) is 6.95. The van der Waals surface area contributed by atoms with Crippen LogP contribution in [-0.4, -0.2) is 0 Å². The lowest BCUT2D eigenvalue weighted by Crippen LogP contribution is -2.23. The number of fused-ring (bicyclic) bond motifs is 6. The van der Waals surface area contributed by atoms with E-state index in [0.717, 1.165) is 46.7 Å². The van der Waals surface area contributed by atoms with E-state index in [1.807, 2.05) is 66.7 Å². The molecule has 0 aliphatic heterocycles. The molecule has 1 aliphatic rings. The Morgan fingerprint density at radius 2 is 1.12 bits per heavy atom. The van der Waals surface area contributed by atoms with E-state index in [-0.39, 0.29) is 56.5 Å². The standard InChI is InChI=1S/C47H40O/c1-46(2)27-14-28-47(3,4)45-39(46)25-24-37(43(45)30-15-6-5-7-16-30)44-35-20-10-8-18-33(35)42(34-19-9-11-21-36(34)44)31-23-26-41-38(29-31)32-17-12-13-22-40(32)48-41/h5-13,15-26,29H,14,27-28H2,1-4H3/i8D,9D,10D,11D,18D,19D,20D,21D. The average Bonchev–Trinajstić information content (AvgIpc) is 3.53. The topological polar surface area (TPSA) is 13.1 Å². The van der Waals surface area contributed by atoms with E-state index < -0.39 is 24.2 Å². The molecule has 0 atom stereocenters. The van der Waals surface area contributed by atoms with Crippen molar-refractivity contribution < 1.29 is 15.4 Å². The first-order valence-corrected chi connectivity index (χ1v) is 16.8. The fourth-order valence-electron chi connectivity index (χ4n) is 8.28. The number of furan rings is 1. The van der Waals surface area contributed by atoms with Crippen LogP contribution in [0.25, 0.3) is 76.9 Å². The van der Waals surface area contributed by atoms with Crippen LogP contribution in [0, 0.1) is 0 Å². The van der Waals surface area contributed by atoms with Crippen LogP contribution < -0.4 is 0 Å². The van der Waals surface area contributed by atoms with Crippen LogP contribution in [0.5, 0.6) is 0 Å². The van der Waals surface area contributed by atoms with E-state index in [1.165, 1.54) is 5.56 Å². The van der Waals surface area contributed by atoms with Crippen LogP contribution in [0.4, 0.5) is 0 Å². The zero-order valence-corrected chi connectivity index (χ0v) is 27.6. The maximum atomic E-state index is 9.63. The van der Waals surface area contributed by atoms with Crippen LogP contribution in [0.15, 0.2) is 138 Å². The van der Waals surface area contributed by atoms with Crippen LogP contribution in [0.2, 0.25) is 0 Å². The van der Waals surface area contributed by atoms with Crippen molar-refractivity contribution in [3.8, 4) is 33.4 Å².